The van der Waals surface area contributed by atoms with Crippen molar-refractivity contribution >= 4 is 29.5 Å². The molecule has 11 heteroatoms. The number of esters is 1. The molecule has 188 valence electrons. The minimum absolute atomic E-state index is 0.188. The van der Waals surface area contributed by atoms with Crippen molar-refractivity contribution in [2.45, 2.75) is 71.9 Å². The number of carbonyl (C=O) groups is 2. The number of hydrogen-bond donors (Lipinski definition) is 2. The number of carbonyl (C=O) groups excluding carboxylic acids is 2. The number of halogens is 1. The minimum Gasteiger partial charge on any atom is -0.461 e. The second-order valence-electron chi connectivity index (χ2n) is 8.32. The highest BCUT2D eigenvalue weighted by atomic mass is 35.5. The molecule has 3 rings (SSSR count). The lowest BCUT2D eigenvalue weighted by atomic mass is 10.0. The summed E-state index contributed by atoms with van der Waals surface area (Å²) >= 11 is 6.08. The molecular formula is C23H34ClN5O5. The highest BCUT2D eigenvalue weighted by Crippen LogP contribution is 2.25. The average molecular weight is 496 g/mol. The van der Waals surface area contributed by atoms with Gasteiger partial charge in [-0.3, -0.25) is 4.79 Å². The summed E-state index contributed by atoms with van der Waals surface area (Å²) in [6, 6.07) is 0.124. The van der Waals surface area contributed by atoms with E-state index >= 15 is 0 Å². The van der Waals surface area contributed by atoms with Crippen molar-refractivity contribution in [1.82, 2.24) is 20.3 Å². The van der Waals surface area contributed by atoms with E-state index in [9.17, 15) is 9.59 Å². The standard InChI is InChI=1S/C23H34ClN5O5/c1-5-8-12-33-22(31)18-14(4)34-23(27-18)29-10-9-16(17(13-29)32-11-6-2)26-21(30)20-25-15(7-3)19(24)28-20/h16-17H,5-13H2,1-4H3,(H,25,28)(H,26,30)/t16-,17+/m1/s1. The van der Waals surface area contributed by atoms with Gasteiger partial charge in [-0.25, -0.2) is 9.78 Å². The van der Waals surface area contributed by atoms with Crippen LogP contribution in [0.1, 0.15) is 79.0 Å². The number of amides is 1. The lowest BCUT2D eigenvalue weighted by Crippen LogP contribution is -2.55. The molecule has 1 aliphatic heterocycles. The van der Waals surface area contributed by atoms with Crippen LogP contribution in [0.2, 0.25) is 5.15 Å². The Hall–Kier alpha value is -2.59. The van der Waals surface area contributed by atoms with Crippen LogP contribution in [0.25, 0.3) is 0 Å². The molecule has 1 fully saturated rings. The molecule has 1 saturated heterocycles. The quantitative estimate of drug-likeness (QED) is 0.357. The molecule has 1 amide bonds. The predicted molar refractivity (Wildman–Crippen MR) is 128 cm³/mol. The lowest BCUT2D eigenvalue weighted by molar-refractivity contribution is 0.0195. The van der Waals surface area contributed by atoms with Crippen LogP contribution in [0, 0.1) is 6.92 Å². The molecule has 10 nitrogen and oxygen atoms in total. The van der Waals surface area contributed by atoms with E-state index in [0.717, 1.165) is 25.0 Å². The van der Waals surface area contributed by atoms with Crippen LogP contribution in [-0.4, -0.2) is 65.3 Å². The van der Waals surface area contributed by atoms with Crippen molar-refractivity contribution in [2.24, 2.45) is 0 Å². The molecule has 0 spiro atoms. The maximum atomic E-state index is 12.8. The summed E-state index contributed by atoms with van der Waals surface area (Å²) in [5.41, 5.74) is 0.915. The summed E-state index contributed by atoms with van der Waals surface area (Å²) < 4.78 is 17.1. The molecule has 0 aromatic carbocycles. The number of oxazole rings is 1. The molecule has 1 aliphatic rings. The number of ether oxygens (including phenoxy) is 2. The van der Waals surface area contributed by atoms with Crippen molar-refractivity contribution in [3.63, 3.8) is 0 Å². The molecule has 2 aromatic heterocycles. The van der Waals surface area contributed by atoms with Gasteiger partial charge in [0.25, 0.3) is 11.9 Å². The van der Waals surface area contributed by atoms with Gasteiger partial charge in [-0.2, -0.15) is 4.98 Å². The highest BCUT2D eigenvalue weighted by molar-refractivity contribution is 6.30. The molecule has 0 unspecified atom stereocenters. The number of rotatable bonds is 11. The number of aromatic amines is 1. The monoisotopic (exact) mass is 495 g/mol. The average Bonchev–Trinajstić information content (AvgIpc) is 3.40. The first-order chi connectivity index (χ1) is 16.4. The fourth-order valence-corrected chi connectivity index (χ4v) is 4.01. The topological polar surface area (TPSA) is 123 Å². The van der Waals surface area contributed by atoms with Gasteiger partial charge in [0.2, 0.25) is 0 Å². The van der Waals surface area contributed by atoms with E-state index in [-0.39, 0.29) is 29.6 Å². The number of nitrogens with one attached hydrogen (secondary N) is 2. The van der Waals surface area contributed by atoms with Crippen LogP contribution in [0.4, 0.5) is 6.01 Å². The van der Waals surface area contributed by atoms with Crippen LogP contribution in [0.3, 0.4) is 0 Å². The first-order valence-corrected chi connectivity index (χ1v) is 12.3. The van der Waals surface area contributed by atoms with E-state index in [1.54, 1.807) is 6.92 Å². The Morgan fingerprint density at radius 3 is 2.71 bits per heavy atom. The van der Waals surface area contributed by atoms with E-state index in [0.29, 0.717) is 56.1 Å². The number of unbranched alkanes of at least 4 members (excludes halogenated alkanes) is 1. The van der Waals surface area contributed by atoms with E-state index in [2.05, 4.69) is 20.3 Å². The Bertz CT molecular complexity index is 975. The maximum absolute atomic E-state index is 12.8. The zero-order chi connectivity index (χ0) is 24.7. The number of aryl methyl sites for hydroxylation is 2. The minimum atomic E-state index is -0.481. The third-order valence-corrected chi connectivity index (χ3v) is 6.00. The van der Waals surface area contributed by atoms with Gasteiger partial charge in [0.15, 0.2) is 16.7 Å². The zero-order valence-electron chi connectivity index (χ0n) is 20.3. The Kier molecular flexibility index (Phi) is 9.35. The normalized spacial score (nSPS) is 18.2. The molecule has 2 atom stereocenters. The van der Waals surface area contributed by atoms with Gasteiger partial charge in [0.05, 0.1) is 31.0 Å². The molecule has 34 heavy (non-hydrogen) atoms. The number of H-pyrrole nitrogens is 1. The number of nitrogens with zero attached hydrogens (tertiary/aromatic N) is 3. The third-order valence-electron chi connectivity index (χ3n) is 5.69. The molecule has 3 heterocycles. The zero-order valence-corrected chi connectivity index (χ0v) is 21.0. The van der Waals surface area contributed by atoms with Crippen molar-refractivity contribution in [2.75, 3.05) is 31.2 Å². The summed E-state index contributed by atoms with van der Waals surface area (Å²) in [6.45, 7) is 9.62. The number of piperidine rings is 1. The lowest BCUT2D eigenvalue weighted by Gasteiger charge is -2.37. The van der Waals surface area contributed by atoms with Gasteiger partial charge in [-0.05, 0) is 32.6 Å². The van der Waals surface area contributed by atoms with Crippen LogP contribution in [0.15, 0.2) is 4.42 Å². The Balaban J connectivity index is 1.68. The van der Waals surface area contributed by atoms with E-state index < -0.39 is 5.97 Å². The van der Waals surface area contributed by atoms with Gasteiger partial charge in [0, 0.05) is 13.2 Å². The summed E-state index contributed by atoms with van der Waals surface area (Å²) in [7, 11) is 0. The smallest absolute Gasteiger partial charge is 0.360 e. The molecule has 0 saturated carbocycles. The second kappa shape index (κ2) is 12.2. The van der Waals surface area contributed by atoms with Crippen molar-refractivity contribution in [1.29, 1.82) is 0 Å². The molecule has 0 aliphatic carbocycles. The van der Waals surface area contributed by atoms with Crippen LogP contribution in [0.5, 0.6) is 0 Å². The van der Waals surface area contributed by atoms with Crippen LogP contribution < -0.4 is 10.2 Å². The summed E-state index contributed by atoms with van der Waals surface area (Å²) in [5, 5.41) is 3.34. The van der Waals surface area contributed by atoms with Gasteiger partial charge in [-0.1, -0.05) is 38.8 Å². The molecular weight excluding hydrogens is 462 g/mol. The molecule has 0 bridgehead atoms. The van der Waals surface area contributed by atoms with Crippen molar-refractivity contribution in [3.8, 4) is 0 Å². The predicted octanol–water partition coefficient (Wildman–Crippen LogP) is 3.68. The molecule has 2 N–H and O–H groups in total. The Morgan fingerprint density at radius 1 is 1.24 bits per heavy atom. The number of anilines is 1. The van der Waals surface area contributed by atoms with Gasteiger partial charge >= 0.3 is 5.97 Å². The second-order valence-corrected chi connectivity index (χ2v) is 8.68. The summed E-state index contributed by atoms with van der Waals surface area (Å²) in [4.78, 5) is 38.6. The maximum Gasteiger partial charge on any atom is 0.360 e. The Labute approximate surface area is 204 Å². The molecule has 0 radical (unpaired) electrons. The highest BCUT2D eigenvalue weighted by Gasteiger charge is 2.34. The number of aromatic nitrogens is 3. The van der Waals surface area contributed by atoms with Crippen molar-refractivity contribution < 1.29 is 23.5 Å². The van der Waals surface area contributed by atoms with E-state index in [4.69, 9.17) is 25.5 Å². The third kappa shape index (κ3) is 6.29. The summed E-state index contributed by atoms with van der Waals surface area (Å²) in [5.74, 6) is -0.202. The summed E-state index contributed by atoms with van der Waals surface area (Å²) in [6.07, 6.45) is 3.55. The SMILES string of the molecule is CCCCOC(=O)c1nc(N2CC[C@@H](NC(=O)c3nc(Cl)c(CC)[nH]3)[C@@H](OCCC)C2)oc1C. The van der Waals surface area contributed by atoms with Gasteiger partial charge in [-0.15, -0.1) is 0 Å². The first-order valence-electron chi connectivity index (χ1n) is 11.9. The molecule has 2 aromatic rings. The first kappa shape index (κ1) is 26.0. The fraction of sp³-hybridized carbons (Fsp3) is 0.652. The van der Waals surface area contributed by atoms with E-state index in [1.807, 2.05) is 25.7 Å². The van der Waals surface area contributed by atoms with E-state index in [1.165, 1.54) is 0 Å². The Morgan fingerprint density at radius 2 is 2.03 bits per heavy atom. The fourth-order valence-electron chi connectivity index (χ4n) is 3.74. The van der Waals surface area contributed by atoms with Gasteiger partial charge < -0.3 is 29.1 Å². The van der Waals surface area contributed by atoms with Crippen LogP contribution >= 0.6 is 11.6 Å². The number of imidazole rings is 1. The van der Waals surface area contributed by atoms with Crippen LogP contribution in [-0.2, 0) is 15.9 Å². The van der Waals surface area contributed by atoms with Gasteiger partial charge in [0.1, 0.15) is 5.76 Å². The largest absolute Gasteiger partial charge is 0.461 e. The van der Waals surface area contributed by atoms with Crippen molar-refractivity contribution in [3.05, 3.63) is 28.1 Å². The number of hydrogen-bond acceptors (Lipinski definition) is 8.